The van der Waals surface area contributed by atoms with Gasteiger partial charge in [0.25, 0.3) is 0 Å². The minimum atomic E-state index is -0.188. The van der Waals surface area contributed by atoms with Crippen molar-refractivity contribution >= 4 is 5.91 Å². The van der Waals surface area contributed by atoms with E-state index in [0.717, 1.165) is 5.56 Å². The topological polar surface area (TPSA) is 64.3 Å². The number of amides is 1. The lowest BCUT2D eigenvalue weighted by Crippen LogP contribution is -2.42. The van der Waals surface area contributed by atoms with Crippen LogP contribution in [-0.2, 0) is 16.0 Å². The predicted molar refractivity (Wildman–Crippen MR) is 76.8 cm³/mol. The maximum absolute atomic E-state index is 12.1. The quantitative estimate of drug-likeness (QED) is 0.745. The zero-order valence-electron chi connectivity index (χ0n) is 11.8. The number of rotatable bonds is 8. The summed E-state index contributed by atoms with van der Waals surface area (Å²) in [6.45, 7) is 5.41. The van der Waals surface area contributed by atoms with Crippen LogP contribution >= 0.6 is 0 Å². The largest absolute Gasteiger partial charge is 0.380 e. The molecule has 0 bridgehead atoms. The monoisotopic (exact) mass is 264 g/mol. The Labute approximate surface area is 115 Å². The van der Waals surface area contributed by atoms with E-state index in [2.05, 4.69) is 5.32 Å². The molecule has 0 radical (unpaired) electrons. The highest BCUT2D eigenvalue weighted by Crippen LogP contribution is 2.08. The van der Waals surface area contributed by atoms with Crippen LogP contribution in [0.15, 0.2) is 30.3 Å². The molecule has 4 nitrogen and oxygen atoms in total. The minimum Gasteiger partial charge on any atom is -0.380 e. The number of benzene rings is 1. The zero-order chi connectivity index (χ0) is 14.1. The standard InChI is InChI=1S/C15H24N2O2/c1-3-19-11-12(2)17-15(18)14(10-16)9-13-7-5-4-6-8-13/h4-8,12,14H,3,9-11,16H2,1-2H3,(H,17,18). The third-order valence-electron chi connectivity index (χ3n) is 2.94. The summed E-state index contributed by atoms with van der Waals surface area (Å²) < 4.78 is 5.28. The molecule has 2 atom stereocenters. The van der Waals surface area contributed by atoms with E-state index in [4.69, 9.17) is 10.5 Å². The molecular weight excluding hydrogens is 240 g/mol. The summed E-state index contributed by atoms with van der Waals surface area (Å²) in [5.41, 5.74) is 6.84. The van der Waals surface area contributed by atoms with Gasteiger partial charge in [0.05, 0.1) is 12.5 Å². The van der Waals surface area contributed by atoms with Gasteiger partial charge in [0.2, 0.25) is 5.91 Å². The highest BCUT2D eigenvalue weighted by Gasteiger charge is 2.18. The molecule has 0 aliphatic rings. The van der Waals surface area contributed by atoms with Crippen molar-refractivity contribution in [3.05, 3.63) is 35.9 Å². The van der Waals surface area contributed by atoms with Gasteiger partial charge in [0.1, 0.15) is 0 Å². The van der Waals surface area contributed by atoms with Gasteiger partial charge in [0.15, 0.2) is 0 Å². The van der Waals surface area contributed by atoms with Crippen molar-refractivity contribution in [1.29, 1.82) is 0 Å². The molecule has 1 aromatic rings. The summed E-state index contributed by atoms with van der Waals surface area (Å²) in [7, 11) is 0. The van der Waals surface area contributed by atoms with E-state index in [9.17, 15) is 4.79 Å². The van der Waals surface area contributed by atoms with Crippen LogP contribution in [-0.4, -0.2) is 31.7 Å². The first-order valence-corrected chi connectivity index (χ1v) is 6.79. The summed E-state index contributed by atoms with van der Waals surface area (Å²) in [6, 6.07) is 9.94. The Kier molecular flexibility index (Phi) is 7.15. The van der Waals surface area contributed by atoms with E-state index in [1.165, 1.54) is 0 Å². The molecule has 1 aromatic carbocycles. The smallest absolute Gasteiger partial charge is 0.225 e. The molecule has 19 heavy (non-hydrogen) atoms. The van der Waals surface area contributed by atoms with Gasteiger partial charge in [-0.05, 0) is 25.8 Å². The maximum Gasteiger partial charge on any atom is 0.225 e. The number of carbonyl (C=O) groups excluding carboxylic acids is 1. The van der Waals surface area contributed by atoms with Crippen LogP contribution in [0.3, 0.4) is 0 Å². The fourth-order valence-corrected chi connectivity index (χ4v) is 1.88. The van der Waals surface area contributed by atoms with Crippen LogP contribution in [0.5, 0.6) is 0 Å². The lowest BCUT2D eigenvalue weighted by Gasteiger charge is -2.19. The second kappa shape index (κ2) is 8.67. The van der Waals surface area contributed by atoms with Gasteiger partial charge < -0.3 is 15.8 Å². The van der Waals surface area contributed by atoms with E-state index >= 15 is 0 Å². The van der Waals surface area contributed by atoms with Gasteiger partial charge in [-0.15, -0.1) is 0 Å². The summed E-state index contributed by atoms with van der Waals surface area (Å²) in [6.07, 6.45) is 0.671. The van der Waals surface area contributed by atoms with E-state index in [1.807, 2.05) is 44.2 Å². The van der Waals surface area contributed by atoms with Crippen LogP contribution in [0.1, 0.15) is 19.4 Å². The van der Waals surface area contributed by atoms with E-state index in [0.29, 0.717) is 26.2 Å². The lowest BCUT2D eigenvalue weighted by molar-refractivity contribution is -0.125. The number of hydrogen-bond acceptors (Lipinski definition) is 3. The van der Waals surface area contributed by atoms with Crippen molar-refractivity contribution in [3.8, 4) is 0 Å². The summed E-state index contributed by atoms with van der Waals surface area (Å²) in [5.74, 6) is -0.190. The van der Waals surface area contributed by atoms with Gasteiger partial charge >= 0.3 is 0 Å². The number of hydrogen-bond donors (Lipinski definition) is 2. The Morgan fingerprint density at radius 2 is 2.05 bits per heavy atom. The molecule has 1 rings (SSSR count). The van der Waals surface area contributed by atoms with Crippen LogP contribution in [0.2, 0.25) is 0 Å². The fourth-order valence-electron chi connectivity index (χ4n) is 1.88. The molecule has 0 fully saturated rings. The molecular formula is C15H24N2O2. The normalized spacial score (nSPS) is 13.8. The SMILES string of the molecule is CCOCC(C)NC(=O)C(CN)Cc1ccccc1. The van der Waals surface area contributed by atoms with Crippen molar-refractivity contribution in [1.82, 2.24) is 5.32 Å². The zero-order valence-corrected chi connectivity index (χ0v) is 11.8. The maximum atomic E-state index is 12.1. The fraction of sp³-hybridized carbons (Fsp3) is 0.533. The Morgan fingerprint density at radius 3 is 2.63 bits per heavy atom. The van der Waals surface area contributed by atoms with Crippen molar-refractivity contribution in [2.75, 3.05) is 19.8 Å². The highest BCUT2D eigenvalue weighted by molar-refractivity contribution is 5.79. The van der Waals surface area contributed by atoms with Gasteiger partial charge in [-0.2, -0.15) is 0 Å². The molecule has 0 saturated carbocycles. The van der Waals surface area contributed by atoms with Gasteiger partial charge in [-0.25, -0.2) is 0 Å². The van der Waals surface area contributed by atoms with Gasteiger partial charge in [0, 0.05) is 19.2 Å². The van der Waals surface area contributed by atoms with Crippen molar-refractivity contribution in [2.45, 2.75) is 26.3 Å². The molecule has 2 unspecified atom stereocenters. The molecule has 1 amide bonds. The molecule has 0 aliphatic heterocycles. The summed E-state index contributed by atoms with van der Waals surface area (Å²) >= 11 is 0. The first-order valence-electron chi connectivity index (χ1n) is 6.79. The van der Waals surface area contributed by atoms with E-state index in [-0.39, 0.29) is 17.9 Å². The molecule has 0 saturated heterocycles. The Bertz CT molecular complexity index is 368. The number of nitrogens with two attached hydrogens (primary N) is 1. The molecule has 3 N–H and O–H groups in total. The van der Waals surface area contributed by atoms with Crippen LogP contribution in [0, 0.1) is 5.92 Å². The highest BCUT2D eigenvalue weighted by atomic mass is 16.5. The second-order valence-corrected chi connectivity index (χ2v) is 4.69. The van der Waals surface area contributed by atoms with Crippen LogP contribution in [0.4, 0.5) is 0 Å². The third kappa shape index (κ3) is 5.85. The van der Waals surface area contributed by atoms with Crippen LogP contribution < -0.4 is 11.1 Å². The van der Waals surface area contributed by atoms with Crippen molar-refractivity contribution < 1.29 is 9.53 Å². The van der Waals surface area contributed by atoms with Gasteiger partial charge in [-0.3, -0.25) is 4.79 Å². The summed E-state index contributed by atoms with van der Waals surface area (Å²) in [5, 5.41) is 2.94. The predicted octanol–water partition coefficient (Wildman–Crippen LogP) is 1.35. The van der Waals surface area contributed by atoms with Gasteiger partial charge in [-0.1, -0.05) is 30.3 Å². The first kappa shape index (κ1) is 15.7. The molecule has 0 spiro atoms. The minimum absolute atomic E-state index is 0.00134. The molecule has 0 aliphatic carbocycles. The average molecular weight is 264 g/mol. The molecule has 106 valence electrons. The van der Waals surface area contributed by atoms with E-state index in [1.54, 1.807) is 0 Å². The number of carbonyl (C=O) groups is 1. The Hall–Kier alpha value is -1.39. The first-order chi connectivity index (χ1) is 9.17. The number of ether oxygens (including phenoxy) is 1. The molecule has 0 heterocycles. The number of nitrogens with one attached hydrogen (secondary N) is 1. The Balaban J connectivity index is 2.48. The second-order valence-electron chi connectivity index (χ2n) is 4.69. The van der Waals surface area contributed by atoms with Crippen LogP contribution in [0.25, 0.3) is 0 Å². The molecule has 0 aromatic heterocycles. The van der Waals surface area contributed by atoms with E-state index < -0.39 is 0 Å². The van der Waals surface area contributed by atoms with Crippen molar-refractivity contribution in [3.63, 3.8) is 0 Å². The average Bonchev–Trinajstić information content (AvgIpc) is 2.43. The summed E-state index contributed by atoms with van der Waals surface area (Å²) in [4.78, 5) is 12.1. The van der Waals surface area contributed by atoms with Crippen molar-refractivity contribution in [2.24, 2.45) is 11.7 Å². The lowest BCUT2D eigenvalue weighted by atomic mass is 9.98. The molecule has 4 heteroatoms. The third-order valence-corrected chi connectivity index (χ3v) is 2.94. The Morgan fingerprint density at radius 1 is 1.37 bits per heavy atom.